The van der Waals surface area contributed by atoms with Gasteiger partial charge in [0, 0.05) is 24.4 Å². The highest BCUT2D eigenvalue weighted by Gasteiger charge is 2.24. The van der Waals surface area contributed by atoms with Crippen LogP contribution >= 0.6 is 11.3 Å². The standard InChI is InChI=1S/C11H16N2OS/c1-7-5-4-6-13(7)11-12-10(8(2)14)9(3)15-11/h7H,4-6H2,1-3H3. The Labute approximate surface area is 94.1 Å². The van der Waals surface area contributed by atoms with Gasteiger partial charge in [0.05, 0.1) is 0 Å². The second-order valence-corrected chi connectivity index (χ2v) is 5.32. The van der Waals surface area contributed by atoms with Crippen LogP contribution in [0.25, 0.3) is 0 Å². The molecule has 0 bridgehead atoms. The van der Waals surface area contributed by atoms with Crippen LogP contribution in [0.15, 0.2) is 0 Å². The van der Waals surface area contributed by atoms with E-state index in [1.165, 1.54) is 12.8 Å². The Balaban J connectivity index is 2.29. The van der Waals surface area contributed by atoms with E-state index in [0.29, 0.717) is 11.7 Å². The highest BCUT2D eigenvalue weighted by molar-refractivity contribution is 7.15. The first-order valence-electron chi connectivity index (χ1n) is 5.34. The first-order valence-corrected chi connectivity index (χ1v) is 6.16. The van der Waals surface area contributed by atoms with Crippen LogP contribution < -0.4 is 4.90 Å². The SMILES string of the molecule is CC(=O)c1nc(N2CCCC2C)sc1C. The minimum absolute atomic E-state index is 0.0712. The fourth-order valence-electron chi connectivity index (χ4n) is 2.05. The molecule has 0 spiro atoms. The summed E-state index contributed by atoms with van der Waals surface area (Å²) in [5, 5.41) is 1.02. The Morgan fingerprint density at radius 2 is 2.33 bits per heavy atom. The number of anilines is 1. The summed E-state index contributed by atoms with van der Waals surface area (Å²) in [7, 11) is 0. The zero-order valence-electron chi connectivity index (χ0n) is 9.41. The molecule has 1 aliphatic heterocycles. The maximum Gasteiger partial charge on any atom is 0.186 e. The average molecular weight is 224 g/mol. The highest BCUT2D eigenvalue weighted by Crippen LogP contribution is 2.31. The van der Waals surface area contributed by atoms with Crippen LogP contribution in [0.1, 0.15) is 42.1 Å². The van der Waals surface area contributed by atoms with Gasteiger partial charge in [0.2, 0.25) is 0 Å². The molecule has 1 unspecified atom stereocenters. The molecule has 82 valence electrons. The Morgan fingerprint density at radius 3 is 2.80 bits per heavy atom. The molecule has 2 rings (SSSR count). The molecule has 0 aromatic carbocycles. The number of ketones is 1. The average Bonchev–Trinajstić information content (AvgIpc) is 2.71. The largest absolute Gasteiger partial charge is 0.345 e. The van der Waals surface area contributed by atoms with Crippen molar-refractivity contribution in [1.29, 1.82) is 0 Å². The Kier molecular flexibility index (Phi) is 2.78. The highest BCUT2D eigenvalue weighted by atomic mass is 32.1. The Bertz CT molecular complexity index is 386. The lowest BCUT2D eigenvalue weighted by Gasteiger charge is -2.19. The number of nitrogens with zero attached hydrogens (tertiary/aromatic N) is 2. The molecule has 3 nitrogen and oxygen atoms in total. The number of thiazole rings is 1. The molecule has 0 saturated carbocycles. The van der Waals surface area contributed by atoms with E-state index in [-0.39, 0.29) is 5.78 Å². The van der Waals surface area contributed by atoms with Gasteiger partial charge in [0.1, 0.15) is 5.69 Å². The minimum Gasteiger partial charge on any atom is -0.345 e. The van der Waals surface area contributed by atoms with Gasteiger partial charge in [-0.15, -0.1) is 11.3 Å². The van der Waals surface area contributed by atoms with E-state index in [1.54, 1.807) is 18.3 Å². The van der Waals surface area contributed by atoms with Crippen LogP contribution in [0.5, 0.6) is 0 Å². The molecule has 2 heterocycles. The number of rotatable bonds is 2. The van der Waals surface area contributed by atoms with E-state index >= 15 is 0 Å². The Hall–Kier alpha value is -0.900. The van der Waals surface area contributed by atoms with Crippen molar-refractivity contribution < 1.29 is 4.79 Å². The minimum atomic E-state index is 0.0712. The van der Waals surface area contributed by atoms with Crippen LogP contribution in [0.4, 0.5) is 5.13 Å². The monoisotopic (exact) mass is 224 g/mol. The Morgan fingerprint density at radius 1 is 1.60 bits per heavy atom. The molecule has 1 fully saturated rings. The van der Waals surface area contributed by atoms with Crippen molar-refractivity contribution >= 4 is 22.3 Å². The van der Waals surface area contributed by atoms with Crippen molar-refractivity contribution in [3.63, 3.8) is 0 Å². The number of carbonyl (C=O) groups excluding carboxylic acids is 1. The van der Waals surface area contributed by atoms with E-state index in [9.17, 15) is 4.79 Å². The molecule has 4 heteroatoms. The summed E-state index contributed by atoms with van der Waals surface area (Å²) in [6, 6.07) is 0.565. The summed E-state index contributed by atoms with van der Waals surface area (Å²) >= 11 is 1.64. The number of Topliss-reactive ketones (excluding diaryl/α,β-unsaturated/α-hetero) is 1. The molecule has 1 atom stereocenters. The summed E-state index contributed by atoms with van der Waals surface area (Å²) in [5.74, 6) is 0.0712. The van der Waals surface area contributed by atoms with Gasteiger partial charge in [-0.3, -0.25) is 4.79 Å². The van der Waals surface area contributed by atoms with Crippen LogP contribution in [-0.4, -0.2) is 23.4 Å². The van der Waals surface area contributed by atoms with Gasteiger partial charge < -0.3 is 4.90 Å². The van der Waals surface area contributed by atoms with Gasteiger partial charge >= 0.3 is 0 Å². The van der Waals surface area contributed by atoms with Crippen molar-refractivity contribution in [1.82, 2.24) is 4.98 Å². The van der Waals surface area contributed by atoms with Gasteiger partial charge in [0.25, 0.3) is 0 Å². The second kappa shape index (κ2) is 3.93. The van der Waals surface area contributed by atoms with E-state index in [1.807, 2.05) is 6.92 Å². The van der Waals surface area contributed by atoms with Crippen LogP contribution in [0, 0.1) is 6.92 Å². The predicted molar refractivity (Wildman–Crippen MR) is 62.9 cm³/mol. The molecule has 15 heavy (non-hydrogen) atoms. The quantitative estimate of drug-likeness (QED) is 0.724. The zero-order chi connectivity index (χ0) is 11.0. The third-order valence-electron chi connectivity index (χ3n) is 2.92. The maximum atomic E-state index is 11.3. The van der Waals surface area contributed by atoms with Gasteiger partial charge in [0.15, 0.2) is 10.9 Å². The summed E-state index contributed by atoms with van der Waals surface area (Å²) in [5.41, 5.74) is 0.647. The van der Waals surface area contributed by atoms with Crippen LogP contribution in [0.3, 0.4) is 0 Å². The van der Waals surface area contributed by atoms with Crippen molar-refractivity contribution in [3.8, 4) is 0 Å². The third kappa shape index (κ3) is 1.91. The molecule has 0 N–H and O–H groups in total. The van der Waals surface area contributed by atoms with E-state index < -0.39 is 0 Å². The summed E-state index contributed by atoms with van der Waals surface area (Å²) in [4.78, 5) is 19.1. The smallest absolute Gasteiger partial charge is 0.186 e. The lowest BCUT2D eigenvalue weighted by Crippen LogP contribution is -2.26. The summed E-state index contributed by atoms with van der Waals surface area (Å²) in [6.07, 6.45) is 2.46. The fraction of sp³-hybridized carbons (Fsp3) is 0.636. The first-order chi connectivity index (χ1) is 7.09. The summed E-state index contributed by atoms with van der Waals surface area (Å²) < 4.78 is 0. The first kappa shape index (κ1) is 10.6. The lowest BCUT2D eigenvalue weighted by atomic mass is 10.2. The summed E-state index contributed by atoms with van der Waals surface area (Å²) in [6.45, 7) is 6.85. The van der Waals surface area contributed by atoms with Crippen molar-refractivity contribution in [3.05, 3.63) is 10.6 Å². The topological polar surface area (TPSA) is 33.2 Å². The van der Waals surface area contributed by atoms with Crippen molar-refractivity contribution in [2.45, 2.75) is 39.7 Å². The van der Waals surface area contributed by atoms with Crippen LogP contribution in [-0.2, 0) is 0 Å². The maximum absolute atomic E-state index is 11.3. The number of aryl methyl sites for hydroxylation is 1. The predicted octanol–water partition coefficient (Wildman–Crippen LogP) is 2.64. The number of carbonyl (C=O) groups is 1. The van der Waals surface area contributed by atoms with Gasteiger partial charge in [-0.2, -0.15) is 0 Å². The number of aromatic nitrogens is 1. The molecular weight excluding hydrogens is 208 g/mol. The molecule has 0 aliphatic carbocycles. The van der Waals surface area contributed by atoms with Crippen molar-refractivity contribution in [2.75, 3.05) is 11.4 Å². The lowest BCUT2D eigenvalue weighted by molar-refractivity contribution is 0.101. The van der Waals surface area contributed by atoms with Crippen molar-refractivity contribution in [2.24, 2.45) is 0 Å². The van der Waals surface area contributed by atoms with E-state index in [4.69, 9.17) is 0 Å². The van der Waals surface area contributed by atoms with E-state index in [0.717, 1.165) is 16.6 Å². The number of hydrogen-bond acceptors (Lipinski definition) is 4. The molecule has 1 aromatic heterocycles. The van der Waals surface area contributed by atoms with E-state index in [2.05, 4.69) is 16.8 Å². The van der Waals surface area contributed by atoms with Gasteiger partial charge in [-0.25, -0.2) is 4.98 Å². The normalized spacial score (nSPS) is 21.0. The molecule has 0 amide bonds. The zero-order valence-corrected chi connectivity index (χ0v) is 10.2. The molecule has 1 aromatic rings. The van der Waals surface area contributed by atoms with Crippen LogP contribution in [0.2, 0.25) is 0 Å². The van der Waals surface area contributed by atoms with Gasteiger partial charge in [-0.05, 0) is 26.7 Å². The van der Waals surface area contributed by atoms with Gasteiger partial charge in [-0.1, -0.05) is 0 Å². The molecule has 0 radical (unpaired) electrons. The third-order valence-corrected chi connectivity index (χ3v) is 3.93. The fourth-order valence-corrected chi connectivity index (χ4v) is 3.13. The molecular formula is C11H16N2OS. The molecule has 1 aliphatic rings. The second-order valence-electron chi connectivity index (χ2n) is 4.14. The molecule has 1 saturated heterocycles. The number of hydrogen-bond donors (Lipinski definition) is 0.